The largest absolute Gasteiger partial charge is 0.452 e. The molecule has 0 aliphatic carbocycles. The Hall–Kier alpha value is -1.85. The molecule has 0 atom stereocenters. The number of aromatic nitrogens is 1. The van der Waals surface area contributed by atoms with Crippen molar-refractivity contribution in [3.8, 4) is 0 Å². The van der Waals surface area contributed by atoms with E-state index in [1.807, 2.05) is 17.2 Å². The van der Waals surface area contributed by atoms with Gasteiger partial charge in [-0.2, -0.15) is 0 Å². The van der Waals surface area contributed by atoms with E-state index in [0.717, 1.165) is 19.6 Å². The number of piperazine rings is 1. The second-order valence-electron chi connectivity index (χ2n) is 5.04. The van der Waals surface area contributed by atoms with E-state index in [-0.39, 0.29) is 11.1 Å². The second kappa shape index (κ2) is 6.28. The number of nitrogens with zero attached hydrogens (tertiary/aromatic N) is 3. The molecule has 0 spiro atoms. The molecular weight excluding hydrogens is 290 g/mol. The van der Waals surface area contributed by atoms with E-state index in [1.54, 1.807) is 12.3 Å². The second-order valence-corrected chi connectivity index (χ2v) is 5.38. The van der Waals surface area contributed by atoms with Crippen LogP contribution in [0.4, 0.5) is 0 Å². The van der Waals surface area contributed by atoms with Crippen LogP contribution in [0.3, 0.4) is 0 Å². The Morgan fingerprint density at radius 1 is 1.29 bits per heavy atom. The molecule has 1 aliphatic rings. The molecule has 0 aromatic carbocycles. The monoisotopic (exact) mass is 305 g/mol. The van der Waals surface area contributed by atoms with Gasteiger partial charge in [0, 0.05) is 45.1 Å². The standard InChI is InChI=1S/C15H16ClN3O2/c16-14-13(3-9-21-14)15(20)19-7-5-18(6-8-19)11-12-2-1-4-17-10-12/h1-4,9-10H,5-8,11H2. The molecule has 1 aliphatic heterocycles. The van der Waals surface area contributed by atoms with Crippen LogP contribution in [0.1, 0.15) is 15.9 Å². The Kier molecular flexibility index (Phi) is 4.22. The zero-order chi connectivity index (χ0) is 14.7. The van der Waals surface area contributed by atoms with E-state index in [2.05, 4.69) is 16.0 Å². The van der Waals surface area contributed by atoms with Crippen LogP contribution in [0.15, 0.2) is 41.3 Å². The van der Waals surface area contributed by atoms with Crippen molar-refractivity contribution >= 4 is 17.5 Å². The predicted molar refractivity (Wildman–Crippen MR) is 79.1 cm³/mol. The molecule has 0 unspecified atom stereocenters. The summed E-state index contributed by atoms with van der Waals surface area (Å²) in [5, 5.41) is 0.165. The topological polar surface area (TPSA) is 49.6 Å². The Balaban J connectivity index is 1.56. The number of carbonyl (C=O) groups is 1. The summed E-state index contributed by atoms with van der Waals surface area (Å²) in [4.78, 5) is 20.6. The van der Waals surface area contributed by atoms with E-state index in [0.29, 0.717) is 18.7 Å². The lowest BCUT2D eigenvalue weighted by Gasteiger charge is -2.34. The van der Waals surface area contributed by atoms with E-state index >= 15 is 0 Å². The van der Waals surface area contributed by atoms with Crippen LogP contribution < -0.4 is 0 Å². The first-order valence-electron chi connectivity index (χ1n) is 6.87. The minimum absolute atomic E-state index is 0.0604. The Morgan fingerprint density at radius 3 is 2.71 bits per heavy atom. The van der Waals surface area contributed by atoms with Gasteiger partial charge in [-0.1, -0.05) is 6.07 Å². The highest BCUT2D eigenvalue weighted by atomic mass is 35.5. The molecule has 0 N–H and O–H groups in total. The lowest BCUT2D eigenvalue weighted by Crippen LogP contribution is -2.48. The third-order valence-electron chi connectivity index (χ3n) is 3.64. The molecule has 2 aromatic heterocycles. The van der Waals surface area contributed by atoms with Crippen LogP contribution >= 0.6 is 11.6 Å². The molecule has 0 bridgehead atoms. The Morgan fingerprint density at radius 2 is 2.10 bits per heavy atom. The van der Waals surface area contributed by atoms with E-state index in [1.165, 1.54) is 11.8 Å². The van der Waals surface area contributed by atoms with Gasteiger partial charge in [-0.3, -0.25) is 14.7 Å². The van der Waals surface area contributed by atoms with E-state index in [4.69, 9.17) is 16.0 Å². The maximum absolute atomic E-state index is 12.3. The van der Waals surface area contributed by atoms with Crippen molar-refractivity contribution in [1.29, 1.82) is 0 Å². The molecule has 1 amide bonds. The van der Waals surface area contributed by atoms with Gasteiger partial charge in [0.1, 0.15) is 0 Å². The first-order valence-corrected chi connectivity index (χ1v) is 7.25. The third kappa shape index (κ3) is 3.25. The maximum atomic E-state index is 12.3. The third-order valence-corrected chi connectivity index (χ3v) is 3.93. The summed E-state index contributed by atoms with van der Waals surface area (Å²) in [6.45, 7) is 3.94. The number of amides is 1. The molecule has 5 nitrogen and oxygen atoms in total. The fraction of sp³-hybridized carbons (Fsp3) is 0.333. The van der Waals surface area contributed by atoms with Gasteiger partial charge in [0.05, 0.1) is 11.8 Å². The van der Waals surface area contributed by atoms with Crippen LogP contribution in [0.5, 0.6) is 0 Å². The molecule has 2 aromatic rings. The van der Waals surface area contributed by atoms with Crippen LogP contribution in [0, 0.1) is 0 Å². The van der Waals surface area contributed by atoms with Crippen molar-refractivity contribution in [2.45, 2.75) is 6.54 Å². The summed E-state index contributed by atoms with van der Waals surface area (Å²) in [5.41, 5.74) is 1.63. The highest BCUT2D eigenvalue weighted by Crippen LogP contribution is 2.19. The average Bonchev–Trinajstić information content (AvgIpc) is 2.94. The van der Waals surface area contributed by atoms with Crippen LogP contribution in [-0.2, 0) is 6.54 Å². The number of hydrogen-bond acceptors (Lipinski definition) is 4. The molecule has 0 saturated carbocycles. The normalized spacial score (nSPS) is 16.1. The van der Waals surface area contributed by atoms with E-state index in [9.17, 15) is 4.79 Å². The first kappa shape index (κ1) is 14.1. The van der Waals surface area contributed by atoms with Gasteiger partial charge in [-0.25, -0.2) is 0 Å². The zero-order valence-corrected chi connectivity index (χ0v) is 12.3. The minimum atomic E-state index is -0.0604. The van der Waals surface area contributed by atoms with Crippen LogP contribution in [0.25, 0.3) is 0 Å². The Bertz CT molecular complexity index is 606. The molecule has 1 fully saturated rings. The Labute approximate surface area is 128 Å². The van der Waals surface area contributed by atoms with E-state index < -0.39 is 0 Å². The average molecular weight is 306 g/mol. The van der Waals surface area contributed by atoms with Crippen LogP contribution in [-0.4, -0.2) is 46.9 Å². The van der Waals surface area contributed by atoms with Gasteiger partial charge in [0.15, 0.2) is 0 Å². The number of halogens is 1. The van der Waals surface area contributed by atoms with Crippen LogP contribution in [0.2, 0.25) is 5.22 Å². The van der Waals surface area contributed by atoms with Crippen molar-refractivity contribution in [3.63, 3.8) is 0 Å². The fourth-order valence-electron chi connectivity index (χ4n) is 2.48. The SMILES string of the molecule is O=C(c1ccoc1Cl)N1CCN(Cc2cccnc2)CC1. The molecule has 6 heteroatoms. The summed E-state index contributed by atoms with van der Waals surface area (Å²) < 4.78 is 4.98. The summed E-state index contributed by atoms with van der Waals surface area (Å²) >= 11 is 5.86. The first-order chi connectivity index (χ1) is 10.2. The minimum Gasteiger partial charge on any atom is -0.452 e. The summed E-state index contributed by atoms with van der Waals surface area (Å²) in [5.74, 6) is -0.0604. The molecule has 3 heterocycles. The quantitative estimate of drug-likeness (QED) is 0.873. The summed E-state index contributed by atoms with van der Waals surface area (Å²) in [6.07, 6.45) is 5.09. The van der Waals surface area contributed by atoms with Gasteiger partial charge in [0.25, 0.3) is 5.91 Å². The molecule has 1 saturated heterocycles. The van der Waals surface area contributed by atoms with Gasteiger partial charge in [0.2, 0.25) is 5.22 Å². The van der Waals surface area contributed by atoms with Gasteiger partial charge >= 0.3 is 0 Å². The molecular formula is C15H16ClN3O2. The molecule has 0 radical (unpaired) electrons. The van der Waals surface area contributed by atoms with Gasteiger partial charge in [-0.05, 0) is 29.3 Å². The van der Waals surface area contributed by atoms with Crippen molar-refractivity contribution < 1.29 is 9.21 Å². The zero-order valence-electron chi connectivity index (χ0n) is 11.5. The number of pyridine rings is 1. The van der Waals surface area contributed by atoms with Crippen molar-refractivity contribution in [2.24, 2.45) is 0 Å². The van der Waals surface area contributed by atoms with Gasteiger partial charge in [-0.15, -0.1) is 0 Å². The van der Waals surface area contributed by atoms with Crippen molar-refractivity contribution in [3.05, 3.63) is 53.2 Å². The summed E-state index contributed by atoms with van der Waals surface area (Å²) in [6, 6.07) is 5.62. The smallest absolute Gasteiger partial charge is 0.258 e. The number of hydrogen-bond donors (Lipinski definition) is 0. The van der Waals surface area contributed by atoms with Crippen molar-refractivity contribution in [1.82, 2.24) is 14.8 Å². The lowest BCUT2D eigenvalue weighted by atomic mass is 10.2. The molecule has 110 valence electrons. The highest BCUT2D eigenvalue weighted by Gasteiger charge is 2.24. The lowest BCUT2D eigenvalue weighted by molar-refractivity contribution is 0.0628. The summed E-state index contributed by atoms with van der Waals surface area (Å²) in [7, 11) is 0. The highest BCUT2D eigenvalue weighted by molar-refractivity contribution is 6.32. The molecule has 3 rings (SSSR count). The predicted octanol–water partition coefficient (Wildman–Crippen LogP) is 2.29. The van der Waals surface area contributed by atoms with Gasteiger partial charge < -0.3 is 9.32 Å². The maximum Gasteiger partial charge on any atom is 0.258 e. The number of rotatable bonds is 3. The fourth-order valence-corrected chi connectivity index (χ4v) is 2.67. The number of furan rings is 1. The van der Waals surface area contributed by atoms with Crippen molar-refractivity contribution in [2.75, 3.05) is 26.2 Å². The molecule has 21 heavy (non-hydrogen) atoms. The number of carbonyl (C=O) groups excluding carboxylic acids is 1.